The molecule has 4 rings (SSSR count). The molecule has 1 fully saturated rings. The summed E-state index contributed by atoms with van der Waals surface area (Å²) in [5, 5.41) is 32.2. The summed E-state index contributed by atoms with van der Waals surface area (Å²) in [6.45, 7) is 1.92. The molecule has 3 heterocycles. The van der Waals surface area contributed by atoms with Crippen molar-refractivity contribution in [3.63, 3.8) is 0 Å². The number of nitrogens with zero attached hydrogens (tertiary/aromatic N) is 2. The van der Waals surface area contributed by atoms with E-state index in [1.807, 2.05) is 19.1 Å². The van der Waals surface area contributed by atoms with Crippen LogP contribution in [0.1, 0.15) is 23.5 Å². The predicted molar refractivity (Wildman–Crippen MR) is 91.7 cm³/mol. The van der Waals surface area contributed by atoms with E-state index in [0.29, 0.717) is 11.7 Å². The van der Waals surface area contributed by atoms with Gasteiger partial charge in [0.05, 0.1) is 0 Å². The molecule has 142 valence electrons. The Labute approximate surface area is 153 Å². The lowest BCUT2D eigenvalue weighted by Gasteiger charge is -2.21. The molecule has 0 saturated carbocycles. The molecule has 1 saturated heterocycles. The molecule has 0 radical (unpaired) electrons. The van der Waals surface area contributed by atoms with Gasteiger partial charge in [0.25, 0.3) is 0 Å². The Bertz CT molecular complexity index is 973. The average molecular weight is 376 g/mol. The Morgan fingerprint density at radius 3 is 2.52 bits per heavy atom. The van der Waals surface area contributed by atoms with Crippen molar-refractivity contribution in [1.82, 2.24) is 9.55 Å². The van der Waals surface area contributed by atoms with E-state index in [1.54, 1.807) is 17.0 Å². The third-order valence-electron chi connectivity index (χ3n) is 4.92. The van der Waals surface area contributed by atoms with Gasteiger partial charge in [-0.05, 0) is 42.3 Å². The van der Waals surface area contributed by atoms with Crippen LogP contribution in [0.15, 0.2) is 42.7 Å². The molecule has 1 aromatic carbocycles. The molecule has 0 unspecified atom stereocenters. The largest absolute Gasteiger partial charge is 0.387 e. The quantitative estimate of drug-likeness (QED) is 0.651. The lowest BCUT2D eigenvalue weighted by atomic mass is 9.99. The lowest BCUT2D eigenvalue weighted by molar-refractivity contribution is -0.0849. The molecule has 0 bridgehead atoms. The molecule has 0 amide bonds. The predicted octanol–water partition coefficient (Wildman–Crippen LogP) is 1.98. The van der Waals surface area contributed by atoms with Crippen molar-refractivity contribution in [2.45, 2.75) is 37.6 Å². The first kappa shape index (κ1) is 18.0. The molecule has 8 heteroatoms. The zero-order chi connectivity index (χ0) is 19.3. The molecule has 2 aromatic heterocycles. The van der Waals surface area contributed by atoms with E-state index >= 15 is 0 Å². The smallest absolute Gasteiger partial charge is 0.164 e. The van der Waals surface area contributed by atoms with Crippen molar-refractivity contribution < 1.29 is 28.8 Å². The highest BCUT2D eigenvalue weighted by Crippen LogP contribution is 2.37. The lowest BCUT2D eigenvalue weighted by Crippen LogP contribution is -2.34. The fourth-order valence-corrected chi connectivity index (χ4v) is 3.51. The van der Waals surface area contributed by atoms with Gasteiger partial charge in [-0.2, -0.15) is 0 Å². The molecule has 1 aliphatic rings. The molecule has 0 aliphatic carbocycles. The van der Waals surface area contributed by atoms with Crippen LogP contribution in [0.3, 0.4) is 0 Å². The summed E-state index contributed by atoms with van der Waals surface area (Å²) in [6, 6.07) is 6.25. The summed E-state index contributed by atoms with van der Waals surface area (Å²) in [4.78, 5) is 4.29. The maximum atomic E-state index is 13.4. The number of aryl methyl sites for hydroxylation is 1. The zero-order valence-electron chi connectivity index (χ0n) is 14.3. The number of hydrogen-bond acceptors (Lipinski definition) is 5. The second-order valence-corrected chi connectivity index (χ2v) is 6.71. The number of aliphatic hydroxyl groups is 3. The van der Waals surface area contributed by atoms with Crippen molar-refractivity contribution in [2.24, 2.45) is 0 Å². The molecule has 5 atom stereocenters. The van der Waals surface area contributed by atoms with Crippen LogP contribution in [0.4, 0.5) is 8.78 Å². The number of aromatic nitrogens is 2. The SMILES string of the molecule is Cc1ccnc2c1ccn2[C@@H]1O[C@H]([C@@H](O)c2cc(F)cc(F)c2)[C@@H](O)[C@H]1O. The monoisotopic (exact) mass is 376 g/mol. The summed E-state index contributed by atoms with van der Waals surface area (Å²) in [5.41, 5.74) is 1.45. The number of aliphatic hydroxyl groups excluding tert-OH is 3. The van der Waals surface area contributed by atoms with Gasteiger partial charge in [-0.3, -0.25) is 0 Å². The Balaban J connectivity index is 1.67. The third kappa shape index (κ3) is 3.00. The molecule has 3 aromatic rings. The summed E-state index contributed by atoms with van der Waals surface area (Å²) >= 11 is 0. The highest BCUT2D eigenvalue weighted by Gasteiger charge is 2.47. The van der Waals surface area contributed by atoms with E-state index in [4.69, 9.17) is 4.74 Å². The maximum Gasteiger partial charge on any atom is 0.164 e. The average Bonchev–Trinajstić information content (AvgIpc) is 3.17. The first-order valence-corrected chi connectivity index (χ1v) is 8.44. The second-order valence-electron chi connectivity index (χ2n) is 6.71. The highest BCUT2D eigenvalue weighted by molar-refractivity contribution is 5.79. The van der Waals surface area contributed by atoms with Gasteiger partial charge < -0.3 is 24.6 Å². The Kier molecular flexibility index (Phi) is 4.43. The van der Waals surface area contributed by atoms with Gasteiger partial charge in [0.15, 0.2) is 6.23 Å². The topological polar surface area (TPSA) is 87.7 Å². The van der Waals surface area contributed by atoms with Crippen LogP contribution in [-0.4, -0.2) is 43.2 Å². The van der Waals surface area contributed by atoms with Crippen molar-refractivity contribution in [3.8, 4) is 0 Å². The zero-order valence-corrected chi connectivity index (χ0v) is 14.3. The van der Waals surface area contributed by atoms with Gasteiger partial charge in [-0.25, -0.2) is 13.8 Å². The summed E-state index contributed by atoms with van der Waals surface area (Å²) in [5.74, 6) is -1.71. The number of hydrogen-bond donors (Lipinski definition) is 3. The Hall–Kier alpha value is -2.39. The standard InChI is InChI=1S/C19H18F2N2O4/c1-9-2-4-22-18-13(9)3-5-23(18)19-16(26)15(25)17(27-19)14(24)10-6-11(20)8-12(21)7-10/h2-8,14-17,19,24-26H,1H3/t14-,15-,16+,17+,19+/m0/s1. The van der Waals surface area contributed by atoms with E-state index in [0.717, 1.165) is 23.1 Å². The highest BCUT2D eigenvalue weighted by atomic mass is 19.1. The molecule has 6 nitrogen and oxygen atoms in total. The number of halogens is 2. The number of fused-ring (bicyclic) bond motifs is 1. The van der Waals surface area contributed by atoms with E-state index in [-0.39, 0.29) is 5.56 Å². The van der Waals surface area contributed by atoms with Crippen LogP contribution in [-0.2, 0) is 4.74 Å². The Morgan fingerprint density at radius 1 is 1.11 bits per heavy atom. The van der Waals surface area contributed by atoms with Crippen molar-refractivity contribution in [1.29, 1.82) is 0 Å². The van der Waals surface area contributed by atoms with Gasteiger partial charge in [-0.1, -0.05) is 0 Å². The minimum atomic E-state index is -1.53. The van der Waals surface area contributed by atoms with Gasteiger partial charge in [-0.15, -0.1) is 0 Å². The first-order valence-electron chi connectivity index (χ1n) is 8.44. The van der Waals surface area contributed by atoms with Gasteiger partial charge in [0.1, 0.15) is 41.7 Å². The third-order valence-corrected chi connectivity index (χ3v) is 4.92. The van der Waals surface area contributed by atoms with Crippen LogP contribution in [0.5, 0.6) is 0 Å². The van der Waals surface area contributed by atoms with Crippen molar-refractivity contribution >= 4 is 11.0 Å². The number of pyridine rings is 1. The second kappa shape index (κ2) is 6.65. The van der Waals surface area contributed by atoms with E-state index in [2.05, 4.69) is 4.98 Å². The van der Waals surface area contributed by atoms with Gasteiger partial charge in [0.2, 0.25) is 0 Å². The summed E-state index contributed by atoms with van der Waals surface area (Å²) < 4.78 is 34.2. The van der Waals surface area contributed by atoms with E-state index < -0.39 is 42.3 Å². The molecular weight excluding hydrogens is 358 g/mol. The van der Waals surface area contributed by atoms with Crippen LogP contribution >= 0.6 is 0 Å². The number of benzene rings is 1. The molecule has 0 spiro atoms. The van der Waals surface area contributed by atoms with Crippen LogP contribution in [0.2, 0.25) is 0 Å². The summed E-state index contributed by atoms with van der Waals surface area (Å²) in [7, 11) is 0. The summed E-state index contributed by atoms with van der Waals surface area (Å²) in [6.07, 6.45) is -3.34. The van der Waals surface area contributed by atoms with Gasteiger partial charge >= 0.3 is 0 Å². The minimum Gasteiger partial charge on any atom is -0.387 e. The first-order chi connectivity index (χ1) is 12.9. The molecule has 3 N–H and O–H groups in total. The van der Waals surface area contributed by atoms with Crippen molar-refractivity contribution in [3.05, 3.63) is 65.5 Å². The van der Waals surface area contributed by atoms with Crippen LogP contribution < -0.4 is 0 Å². The van der Waals surface area contributed by atoms with E-state index in [9.17, 15) is 24.1 Å². The maximum absolute atomic E-state index is 13.4. The van der Waals surface area contributed by atoms with Crippen LogP contribution in [0.25, 0.3) is 11.0 Å². The van der Waals surface area contributed by atoms with Crippen LogP contribution in [0, 0.1) is 18.6 Å². The number of ether oxygens (including phenoxy) is 1. The normalized spacial score (nSPS) is 26.6. The van der Waals surface area contributed by atoms with Gasteiger partial charge in [0, 0.05) is 23.8 Å². The van der Waals surface area contributed by atoms with Crippen molar-refractivity contribution in [2.75, 3.05) is 0 Å². The Morgan fingerprint density at radius 2 is 1.81 bits per heavy atom. The molecular formula is C19H18F2N2O4. The molecule has 1 aliphatic heterocycles. The van der Waals surface area contributed by atoms with E-state index in [1.165, 1.54) is 0 Å². The number of rotatable bonds is 3. The molecule has 27 heavy (non-hydrogen) atoms. The fraction of sp³-hybridized carbons (Fsp3) is 0.316. The fourth-order valence-electron chi connectivity index (χ4n) is 3.51. The minimum absolute atomic E-state index is 0.0873.